The standard InChI is InChI=1S/C28H10F8N4S4/c29-15-3-1-11(9-13(15)27(31,32)33)17-5-7-19(41-17)21-23-25(39-43-37-23)22(26-24(21)38-44-40-26)20-8-6-18(42-20)12-2-4-16(30)14(10-12)28(34,35)36/h1-10H. The second-order valence-corrected chi connectivity index (χ2v) is 12.6. The van der Waals surface area contributed by atoms with Crippen LogP contribution in [-0.2, 0) is 23.7 Å². The van der Waals surface area contributed by atoms with Gasteiger partial charge in [-0.15, -0.1) is 22.7 Å². The fraction of sp³-hybridized carbons (Fsp3) is 0.0714. The maximum absolute atomic E-state index is 13.9. The van der Waals surface area contributed by atoms with Crippen LogP contribution in [0.5, 0.6) is 0 Å². The summed E-state index contributed by atoms with van der Waals surface area (Å²) < 4.78 is 126. The van der Waals surface area contributed by atoms with Gasteiger partial charge in [0.05, 0.1) is 34.2 Å². The quantitative estimate of drug-likeness (QED) is 0.174. The number of nitrogens with zero attached hydrogens (tertiary/aromatic N) is 4. The van der Waals surface area contributed by atoms with Crippen molar-refractivity contribution in [1.29, 1.82) is 0 Å². The Bertz CT molecular complexity index is 2040. The van der Waals surface area contributed by atoms with Crippen molar-refractivity contribution in [3.05, 3.63) is 83.4 Å². The number of thiophene rings is 2. The van der Waals surface area contributed by atoms with E-state index < -0.39 is 35.1 Å². The lowest BCUT2D eigenvalue weighted by atomic mass is 10.0. The third-order valence-corrected chi connectivity index (χ3v) is 10.1. The van der Waals surface area contributed by atoms with Crippen molar-refractivity contribution in [3.8, 4) is 41.8 Å². The number of hydrogen-bond acceptors (Lipinski definition) is 7. The summed E-state index contributed by atoms with van der Waals surface area (Å²) in [5, 5.41) is 0. The lowest BCUT2D eigenvalue weighted by molar-refractivity contribution is -0.140. The highest BCUT2D eigenvalue weighted by atomic mass is 32.1. The van der Waals surface area contributed by atoms with Crippen molar-refractivity contribution < 1.29 is 35.1 Å². The molecule has 1 aliphatic heterocycles. The van der Waals surface area contributed by atoms with E-state index in [2.05, 4.69) is 17.5 Å². The topological polar surface area (TPSA) is 50.5 Å². The van der Waals surface area contributed by atoms with E-state index in [0.717, 1.165) is 47.3 Å². The van der Waals surface area contributed by atoms with Gasteiger partial charge in [0, 0.05) is 30.6 Å². The Labute approximate surface area is 257 Å². The number of alkyl halides is 6. The molecule has 0 atom stereocenters. The third kappa shape index (κ3) is 4.85. The maximum atomic E-state index is 13.9. The SMILES string of the molecule is Fc1ccc(-c2ccc(-c3c4c(c(-c5ccc(-c6ccc(F)c(C(F)(F)F)c6)s5)c5nsnc35)N=S=N4)s2)cc1C(F)(F)F. The minimum atomic E-state index is -4.86. The van der Waals surface area contributed by atoms with Gasteiger partial charge in [0.25, 0.3) is 0 Å². The molecule has 16 heteroatoms. The number of benzene rings is 3. The van der Waals surface area contributed by atoms with E-state index >= 15 is 0 Å². The minimum absolute atomic E-state index is 0.187. The zero-order chi connectivity index (χ0) is 31.0. The summed E-state index contributed by atoms with van der Waals surface area (Å²) in [6, 6.07) is 12.3. The van der Waals surface area contributed by atoms with Gasteiger partial charge in [-0.05, 0) is 59.7 Å². The molecule has 6 aromatic rings. The van der Waals surface area contributed by atoms with Crippen LogP contribution in [0.2, 0.25) is 0 Å². The zero-order valence-corrected chi connectivity index (χ0v) is 24.5. The number of fused-ring (bicyclic) bond motifs is 2. The second kappa shape index (κ2) is 10.4. The molecule has 0 fully saturated rings. The molecular formula is C28H10F8N4S4. The van der Waals surface area contributed by atoms with Gasteiger partial charge in [0.15, 0.2) is 0 Å². The van der Waals surface area contributed by atoms with Crippen LogP contribution < -0.4 is 0 Å². The first-order chi connectivity index (χ1) is 20.9. The van der Waals surface area contributed by atoms with E-state index in [0.29, 0.717) is 53.0 Å². The Morgan fingerprint density at radius 2 is 0.932 bits per heavy atom. The van der Waals surface area contributed by atoms with Gasteiger partial charge in [-0.2, -0.15) is 43.8 Å². The maximum Gasteiger partial charge on any atom is 0.419 e. The largest absolute Gasteiger partial charge is 0.419 e. The molecule has 1 aliphatic rings. The fourth-order valence-electron chi connectivity index (χ4n) is 4.77. The molecule has 7 rings (SSSR count). The molecule has 0 N–H and O–H groups in total. The van der Waals surface area contributed by atoms with Crippen LogP contribution in [-0.4, -0.2) is 8.75 Å². The fourth-order valence-corrected chi connectivity index (χ4v) is 7.99. The highest BCUT2D eigenvalue weighted by Crippen LogP contribution is 2.55. The first-order valence-corrected chi connectivity index (χ1v) is 15.3. The smallest absolute Gasteiger partial charge is 0.206 e. The van der Waals surface area contributed by atoms with Gasteiger partial charge < -0.3 is 0 Å². The molecule has 0 saturated carbocycles. The third-order valence-electron chi connectivity index (χ3n) is 6.74. The summed E-state index contributed by atoms with van der Waals surface area (Å²) in [6.07, 6.45) is -9.71. The monoisotopic (exact) mass is 682 g/mol. The lowest BCUT2D eigenvalue weighted by Gasteiger charge is -2.10. The van der Waals surface area contributed by atoms with Gasteiger partial charge >= 0.3 is 12.4 Å². The van der Waals surface area contributed by atoms with Crippen LogP contribution in [0, 0.1) is 11.6 Å². The summed E-state index contributed by atoms with van der Waals surface area (Å²) in [5.41, 5.74) is 0.639. The first kappa shape index (κ1) is 28.9. The Morgan fingerprint density at radius 3 is 1.34 bits per heavy atom. The molecule has 3 aromatic heterocycles. The summed E-state index contributed by atoms with van der Waals surface area (Å²) >= 11 is 4.20. The number of rotatable bonds is 4. The van der Waals surface area contributed by atoms with E-state index in [1.807, 2.05) is 0 Å². The molecule has 44 heavy (non-hydrogen) atoms. The van der Waals surface area contributed by atoms with Crippen LogP contribution in [0.4, 0.5) is 46.5 Å². The summed E-state index contributed by atoms with van der Waals surface area (Å²) in [5.74, 6) is -2.73. The molecule has 0 radical (unpaired) electrons. The predicted octanol–water partition coefficient (Wildman–Crippen LogP) is 11.5. The first-order valence-electron chi connectivity index (χ1n) is 12.3. The van der Waals surface area contributed by atoms with Crippen LogP contribution in [0.25, 0.3) is 52.8 Å². The van der Waals surface area contributed by atoms with Crippen LogP contribution in [0.15, 0.2) is 69.4 Å². The molecular weight excluding hydrogens is 673 g/mol. The molecule has 222 valence electrons. The average molecular weight is 683 g/mol. The zero-order valence-electron chi connectivity index (χ0n) is 21.2. The van der Waals surface area contributed by atoms with Crippen molar-refractivity contribution in [3.63, 3.8) is 0 Å². The summed E-state index contributed by atoms with van der Waals surface area (Å²) in [4.78, 5) is 2.17. The Morgan fingerprint density at radius 1 is 0.523 bits per heavy atom. The summed E-state index contributed by atoms with van der Waals surface area (Å²) in [7, 11) is 0. The molecule has 0 bridgehead atoms. The van der Waals surface area contributed by atoms with Crippen LogP contribution in [0.1, 0.15) is 11.1 Å². The Balaban J connectivity index is 1.33. The minimum Gasteiger partial charge on any atom is -0.206 e. The Hall–Kier alpha value is -3.86. The van der Waals surface area contributed by atoms with E-state index in [9.17, 15) is 35.1 Å². The Kier molecular flexibility index (Phi) is 6.80. The molecule has 0 amide bonds. The molecule has 0 saturated heterocycles. The molecule has 3 aromatic carbocycles. The van der Waals surface area contributed by atoms with Gasteiger partial charge in [-0.25, -0.2) is 8.78 Å². The van der Waals surface area contributed by atoms with Crippen molar-refractivity contribution in [1.82, 2.24) is 8.75 Å². The van der Waals surface area contributed by atoms with Gasteiger partial charge in [-0.3, -0.25) is 0 Å². The number of hydrogen-bond donors (Lipinski definition) is 0. The van der Waals surface area contributed by atoms with Crippen molar-refractivity contribution in [2.45, 2.75) is 12.4 Å². The molecule has 4 nitrogen and oxygen atoms in total. The van der Waals surface area contributed by atoms with E-state index in [1.165, 1.54) is 34.8 Å². The normalized spacial score (nSPS) is 13.1. The molecule has 0 aliphatic carbocycles. The van der Waals surface area contributed by atoms with Gasteiger partial charge in [0.1, 0.15) is 34.0 Å². The second-order valence-electron chi connectivity index (χ2n) is 9.39. The number of halogens is 8. The molecule has 4 heterocycles. The predicted molar refractivity (Wildman–Crippen MR) is 156 cm³/mol. The van der Waals surface area contributed by atoms with Crippen molar-refractivity contribution in [2.24, 2.45) is 8.73 Å². The van der Waals surface area contributed by atoms with E-state index in [1.54, 1.807) is 24.3 Å². The number of aromatic nitrogens is 2. The van der Waals surface area contributed by atoms with E-state index in [4.69, 9.17) is 0 Å². The van der Waals surface area contributed by atoms with E-state index in [-0.39, 0.29) is 11.1 Å². The molecule has 0 spiro atoms. The highest BCUT2D eigenvalue weighted by Gasteiger charge is 2.36. The van der Waals surface area contributed by atoms with Gasteiger partial charge in [-0.1, -0.05) is 12.1 Å². The van der Waals surface area contributed by atoms with Gasteiger partial charge in [0.2, 0.25) is 0 Å². The van der Waals surface area contributed by atoms with Crippen LogP contribution >= 0.6 is 34.4 Å². The average Bonchev–Trinajstić information content (AvgIpc) is 3.78. The van der Waals surface area contributed by atoms with Crippen molar-refractivity contribution in [2.75, 3.05) is 0 Å². The van der Waals surface area contributed by atoms with Crippen LogP contribution in [0.3, 0.4) is 0 Å². The molecule has 0 unspecified atom stereocenters. The summed E-state index contributed by atoms with van der Waals surface area (Å²) in [6.45, 7) is 0. The highest BCUT2D eigenvalue weighted by molar-refractivity contribution is 7.58. The van der Waals surface area contributed by atoms with Crippen molar-refractivity contribution >= 4 is 68.2 Å². The lowest BCUT2D eigenvalue weighted by Crippen LogP contribution is -2.07.